The van der Waals surface area contributed by atoms with E-state index in [0.29, 0.717) is 5.56 Å². The Labute approximate surface area is 127 Å². The number of aryl methyl sites for hydroxylation is 2. The van der Waals surface area contributed by atoms with Crippen LogP contribution in [0.4, 0.5) is 4.39 Å². The fraction of sp³-hybridized carbons (Fsp3) is 0.312. The summed E-state index contributed by atoms with van der Waals surface area (Å²) in [6, 6.07) is 6.83. The van der Waals surface area contributed by atoms with Gasteiger partial charge in [0, 0.05) is 16.2 Å². The molecule has 106 valence electrons. The molecule has 0 aliphatic carbocycles. The number of aromatic nitrogens is 1. The van der Waals surface area contributed by atoms with Gasteiger partial charge in [0.25, 0.3) is 0 Å². The van der Waals surface area contributed by atoms with Crippen LogP contribution in [-0.4, -0.2) is 11.5 Å². The molecule has 2 rings (SSSR count). The molecule has 4 heteroatoms. The molecule has 0 radical (unpaired) electrons. The summed E-state index contributed by atoms with van der Waals surface area (Å²) in [6.45, 7) is 6.76. The van der Waals surface area contributed by atoms with Crippen molar-refractivity contribution in [1.82, 2.24) is 10.3 Å². The highest BCUT2D eigenvalue weighted by Gasteiger charge is 2.20. The molecule has 0 aliphatic rings. The zero-order chi connectivity index (χ0) is 14.7. The van der Waals surface area contributed by atoms with Crippen molar-refractivity contribution in [1.29, 1.82) is 0 Å². The molecule has 2 nitrogen and oxygen atoms in total. The quantitative estimate of drug-likeness (QED) is 0.900. The van der Waals surface area contributed by atoms with Gasteiger partial charge in [-0.3, -0.25) is 4.98 Å². The highest BCUT2D eigenvalue weighted by Crippen LogP contribution is 2.28. The van der Waals surface area contributed by atoms with E-state index in [1.807, 2.05) is 33.0 Å². The third-order valence-electron chi connectivity index (χ3n) is 3.21. The van der Waals surface area contributed by atoms with E-state index in [9.17, 15) is 4.39 Å². The zero-order valence-electron chi connectivity index (χ0n) is 11.9. The van der Waals surface area contributed by atoms with Crippen LogP contribution in [-0.2, 0) is 0 Å². The van der Waals surface area contributed by atoms with Gasteiger partial charge in [-0.2, -0.15) is 0 Å². The van der Waals surface area contributed by atoms with Crippen molar-refractivity contribution in [3.63, 3.8) is 0 Å². The van der Waals surface area contributed by atoms with Crippen LogP contribution in [0.15, 0.2) is 34.9 Å². The Morgan fingerprint density at radius 2 is 2.05 bits per heavy atom. The lowest BCUT2D eigenvalue weighted by atomic mass is 9.98. The summed E-state index contributed by atoms with van der Waals surface area (Å²) >= 11 is 3.40. The van der Waals surface area contributed by atoms with Gasteiger partial charge in [0.15, 0.2) is 0 Å². The van der Waals surface area contributed by atoms with E-state index >= 15 is 0 Å². The predicted molar refractivity (Wildman–Crippen MR) is 83.3 cm³/mol. The molecule has 0 bridgehead atoms. The van der Waals surface area contributed by atoms with E-state index in [-0.39, 0.29) is 11.9 Å². The number of pyridine rings is 1. The lowest BCUT2D eigenvalue weighted by Crippen LogP contribution is -2.25. The number of hydrogen-bond acceptors (Lipinski definition) is 2. The van der Waals surface area contributed by atoms with E-state index in [1.54, 1.807) is 6.07 Å². The summed E-state index contributed by atoms with van der Waals surface area (Å²) in [5.74, 6) is -0.221. The second-order valence-corrected chi connectivity index (χ2v) is 5.79. The number of hydrogen-bond donors (Lipinski definition) is 1. The van der Waals surface area contributed by atoms with Crippen molar-refractivity contribution >= 4 is 15.9 Å². The molecule has 20 heavy (non-hydrogen) atoms. The minimum absolute atomic E-state index is 0.221. The Hall–Kier alpha value is -1.26. The van der Waals surface area contributed by atoms with Gasteiger partial charge in [0.2, 0.25) is 0 Å². The Kier molecular flexibility index (Phi) is 4.89. The number of nitrogens with zero attached hydrogens (tertiary/aromatic N) is 1. The van der Waals surface area contributed by atoms with Gasteiger partial charge >= 0.3 is 0 Å². The molecular formula is C16H18BrFN2. The molecule has 0 saturated carbocycles. The van der Waals surface area contributed by atoms with Crippen LogP contribution in [0.25, 0.3) is 0 Å². The molecule has 0 amide bonds. The van der Waals surface area contributed by atoms with Gasteiger partial charge in [0.1, 0.15) is 5.82 Å². The number of halogens is 2. The van der Waals surface area contributed by atoms with Crippen molar-refractivity contribution < 1.29 is 4.39 Å². The smallest absolute Gasteiger partial charge is 0.128 e. The molecule has 1 aromatic carbocycles. The van der Waals surface area contributed by atoms with Crippen molar-refractivity contribution in [3.05, 3.63) is 63.1 Å². The average molecular weight is 337 g/mol. The summed E-state index contributed by atoms with van der Waals surface area (Å²) in [4.78, 5) is 4.50. The first kappa shape index (κ1) is 15.1. The number of rotatable bonds is 4. The molecule has 0 spiro atoms. The summed E-state index contributed by atoms with van der Waals surface area (Å²) in [6.07, 6.45) is 1.82. The Balaban J connectivity index is 2.53. The monoisotopic (exact) mass is 336 g/mol. The highest BCUT2D eigenvalue weighted by molar-refractivity contribution is 9.10. The van der Waals surface area contributed by atoms with Gasteiger partial charge in [-0.15, -0.1) is 0 Å². The van der Waals surface area contributed by atoms with Gasteiger partial charge in [-0.25, -0.2) is 4.39 Å². The zero-order valence-corrected chi connectivity index (χ0v) is 13.5. The first-order chi connectivity index (χ1) is 9.52. The molecule has 1 aromatic heterocycles. The Morgan fingerprint density at radius 1 is 1.30 bits per heavy atom. The van der Waals surface area contributed by atoms with Crippen molar-refractivity contribution in [3.8, 4) is 0 Å². The molecule has 1 heterocycles. The normalized spacial score (nSPS) is 12.4. The first-order valence-electron chi connectivity index (χ1n) is 6.64. The highest BCUT2D eigenvalue weighted by atomic mass is 79.9. The molecule has 2 aromatic rings. The molecule has 1 unspecified atom stereocenters. The fourth-order valence-electron chi connectivity index (χ4n) is 2.32. The van der Waals surface area contributed by atoms with Crippen LogP contribution in [0.3, 0.4) is 0 Å². The predicted octanol–water partition coefficient (Wildman–Crippen LogP) is 4.30. The molecule has 1 atom stereocenters. The summed E-state index contributed by atoms with van der Waals surface area (Å²) < 4.78 is 15.0. The van der Waals surface area contributed by atoms with E-state index in [0.717, 1.165) is 27.8 Å². The molecular weight excluding hydrogens is 319 g/mol. The van der Waals surface area contributed by atoms with Crippen LogP contribution in [0, 0.1) is 19.7 Å². The number of benzene rings is 1. The van der Waals surface area contributed by atoms with Crippen LogP contribution in [0.2, 0.25) is 0 Å². The van der Waals surface area contributed by atoms with Crippen LogP contribution >= 0.6 is 15.9 Å². The van der Waals surface area contributed by atoms with Crippen LogP contribution in [0.5, 0.6) is 0 Å². The van der Waals surface area contributed by atoms with E-state index in [4.69, 9.17) is 0 Å². The van der Waals surface area contributed by atoms with Crippen molar-refractivity contribution in [2.75, 3.05) is 6.54 Å². The second-order valence-electron chi connectivity index (χ2n) is 4.87. The van der Waals surface area contributed by atoms with Crippen molar-refractivity contribution in [2.24, 2.45) is 0 Å². The van der Waals surface area contributed by atoms with E-state index in [1.165, 1.54) is 6.07 Å². The van der Waals surface area contributed by atoms with Crippen LogP contribution in [0.1, 0.15) is 35.3 Å². The average Bonchev–Trinajstić information content (AvgIpc) is 2.40. The minimum atomic E-state index is -0.238. The maximum atomic E-state index is 14.2. The molecule has 0 saturated heterocycles. The maximum Gasteiger partial charge on any atom is 0.128 e. The largest absolute Gasteiger partial charge is 0.305 e. The molecule has 0 fully saturated rings. The second kappa shape index (κ2) is 6.46. The SMILES string of the molecule is CCNC(c1cc(Br)ccc1F)c1ncc(C)cc1C. The van der Waals surface area contributed by atoms with Gasteiger partial charge in [0.05, 0.1) is 11.7 Å². The standard InChI is InChI=1S/C16H18BrFN2/c1-4-19-16(13-8-12(17)5-6-14(13)18)15-11(3)7-10(2)9-20-15/h5-9,16,19H,4H2,1-3H3. The minimum Gasteiger partial charge on any atom is -0.305 e. The van der Waals surface area contributed by atoms with E-state index in [2.05, 4.69) is 32.3 Å². The third-order valence-corrected chi connectivity index (χ3v) is 3.70. The summed E-state index contributed by atoms with van der Waals surface area (Å²) in [7, 11) is 0. The van der Waals surface area contributed by atoms with Crippen molar-refractivity contribution in [2.45, 2.75) is 26.8 Å². The molecule has 1 N–H and O–H groups in total. The van der Waals surface area contributed by atoms with Gasteiger partial charge < -0.3 is 5.32 Å². The van der Waals surface area contributed by atoms with Gasteiger partial charge in [-0.1, -0.05) is 28.9 Å². The lowest BCUT2D eigenvalue weighted by Gasteiger charge is -2.21. The Bertz CT molecular complexity index is 613. The third kappa shape index (κ3) is 3.25. The number of nitrogens with one attached hydrogen (secondary N) is 1. The van der Waals surface area contributed by atoms with E-state index < -0.39 is 0 Å². The maximum absolute atomic E-state index is 14.2. The first-order valence-corrected chi connectivity index (χ1v) is 7.43. The topological polar surface area (TPSA) is 24.9 Å². The molecule has 0 aliphatic heterocycles. The van der Waals surface area contributed by atoms with Crippen LogP contribution < -0.4 is 5.32 Å². The Morgan fingerprint density at radius 3 is 2.70 bits per heavy atom. The lowest BCUT2D eigenvalue weighted by molar-refractivity contribution is 0.550. The fourth-order valence-corrected chi connectivity index (χ4v) is 2.70. The van der Waals surface area contributed by atoms with Gasteiger partial charge in [-0.05, 0) is 49.7 Å². The summed E-state index contributed by atoms with van der Waals surface area (Å²) in [5, 5.41) is 3.32. The summed E-state index contributed by atoms with van der Waals surface area (Å²) in [5.41, 5.74) is 3.65.